The number of hydrogen-bond donors (Lipinski definition) is 3. The first kappa shape index (κ1) is 20.0. The van der Waals surface area contributed by atoms with Gasteiger partial charge in [-0.3, -0.25) is 15.0 Å². The van der Waals surface area contributed by atoms with Gasteiger partial charge in [0, 0.05) is 18.1 Å². The summed E-state index contributed by atoms with van der Waals surface area (Å²) in [6.07, 6.45) is 2.10. The molecule has 1 aromatic carbocycles. The smallest absolute Gasteiger partial charge is 0.408 e. The first-order chi connectivity index (χ1) is 12.7. The normalized spacial score (nSPS) is 12.0. The Bertz CT molecular complexity index is 811. The molecular weight excluding hydrogens is 350 g/mol. The zero-order valence-electron chi connectivity index (χ0n) is 15.6. The van der Waals surface area contributed by atoms with Crippen molar-refractivity contribution in [2.24, 2.45) is 0 Å². The fourth-order valence-corrected chi connectivity index (χ4v) is 2.04. The number of benzene rings is 1. The molecule has 0 radical (unpaired) electrons. The van der Waals surface area contributed by atoms with E-state index in [1.165, 1.54) is 24.0 Å². The molecule has 0 saturated carbocycles. The van der Waals surface area contributed by atoms with Gasteiger partial charge in [0.1, 0.15) is 11.6 Å². The largest absolute Gasteiger partial charge is 0.444 e. The Kier molecular flexibility index (Phi) is 6.17. The number of para-hydroxylation sites is 1. The van der Waals surface area contributed by atoms with Crippen molar-refractivity contribution in [1.82, 2.24) is 15.0 Å². The Hall–Kier alpha value is -3.36. The van der Waals surface area contributed by atoms with Gasteiger partial charge in [0.05, 0.1) is 0 Å². The van der Waals surface area contributed by atoms with Gasteiger partial charge in [-0.25, -0.2) is 14.5 Å². The van der Waals surface area contributed by atoms with Gasteiger partial charge in [0.25, 0.3) is 11.8 Å². The van der Waals surface area contributed by atoms with Crippen LogP contribution in [0.25, 0.3) is 0 Å². The van der Waals surface area contributed by atoms with Crippen LogP contribution in [0.3, 0.4) is 0 Å². The fourth-order valence-electron chi connectivity index (χ4n) is 2.04. The van der Waals surface area contributed by atoms with Crippen LogP contribution in [0.2, 0.25) is 0 Å². The van der Waals surface area contributed by atoms with Gasteiger partial charge in [-0.1, -0.05) is 18.2 Å². The van der Waals surface area contributed by atoms with Crippen molar-refractivity contribution < 1.29 is 19.1 Å². The molecule has 27 heavy (non-hydrogen) atoms. The molecule has 9 heteroatoms. The van der Waals surface area contributed by atoms with Gasteiger partial charge in [-0.15, -0.1) is 0 Å². The average Bonchev–Trinajstić information content (AvgIpc) is 3.02. The molecule has 0 aliphatic carbocycles. The highest BCUT2D eigenvalue weighted by molar-refractivity contribution is 6.02. The lowest BCUT2D eigenvalue weighted by atomic mass is 10.2. The molecule has 0 saturated heterocycles. The van der Waals surface area contributed by atoms with Gasteiger partial charge in [0.15, 0.2) is 0 Å². The highest BCUT2D eigenvalue weighted by Crippen LogP contribution is 2.08. The van der Waals surface area contributed by atoms with Crippen molar-refractivity contribution in [2.45, 2.75) is 39.3 Å². The van der Waals surface area contributed by atoms with Crippen LogP contribution in [0.4, 0.5) is 10.5 Å². The van der Waals surface area contributed by atoms with Gasteiger partial charge in [-0.05, 0) is 39.8 Å². The van der Waals surface area contributed by atoms with Crippen molar-refractivity contribution in [3.63, 3.8) is 0 Å². The number of carbonyl (C=O) groups excluding carboxylic acids is 3. The second kappa shape index (κ2) is 8.35. The van der Waals surface area contributed by atoms with Crippen LogP contribution >= 0.6 is 0 Å². The Morgan fingerprint density at radius 2 is 1.81 bits per heavy atom. The number of nitrogens with zero attached hydrogens (tertiary/aromatic N) is 2. The van der Waals surface area contributed by atoms with E-state index in [2.05, 4.69) is 21.0 Å². The second-order valence-electron chi connectivity index (χ2n) is 6.78. The van der Waals surface area contributed by atoms with E-state index < -0.39 is 29.6 Å². The summed E-state index contributed by atoms with van der Waals surface area (Å²) in [7, 11) is 0. The summed E-state index contributed by atoms with van der Waals surface area (Å²) in [5.74, 6) is -1.02. The SMILES string of the molecule is CC(NC(=O)OC(C)(C)C)C(=O)Nn1ccnc1C(=O)Nc1ccccc1. The Morgan fingerprint density at radius 3 is 2.44 bits per heavy atom. The molecule has 0 aliphatic rings. The number of rotatable bonds is 5. The summed E-state index contributed by atoms with van der Waals surface area (Å²) in [4.78, 5) is 40.3. The summed E-state index contributed by atoms with van der Waals surface area (Å²) in [5, 5.41) is 5.11. The average molecular weight is 373 g/mol. The highest BCUT2D eigenvalue weighted by atomic mass is 16.6. The molecule has 1 aromatic heterocycles. The standard InChI is InChI=1S/C18H23N5O4/c1-12(20-17(26)27-18(2,3)4)15(24)22-23-11-10-19-14(23)16(25)21-13-8-6-5-7-9-13/h5-12H,1-4H3,(H,20,26)(H,21,25)(H,22,24). The molecule has 0 aliphatic heterocycles. The van der Waals surface area contributed by atoms with Gasteiger partial charge >= 0.3 is 6.09 Å². The van der Waals surface area contributed by atoms with Gasteiger partial charge in [-0.2, -0.15) is 0 Å². The molecule has 2 rings (SSSR count). The number of nitrogens with one attached hydrogen (secondary N) is 3. The fraction of sp³-hybridized carbons (Fsp3) is 0.333. The number of amides is 3. The predicted molar refractivity (Wildman–Crippen MR) is 99.8 cm³/mol. The summed E-state index contributed by atoms with van der Waals surface area (Å²) < 4.78 is 6.30. The summed E-state index contributed by atoms with van der Waals surface area (Å²) in [5.41, 5.74) is 2.44. The maximum atomic E-state index is 12.3. The van der Waals surface area contributed by atoms with Crippen molar-refractivity contribution in [3.05, 3.63) is 48.5 Å². The van der Waals surface area contributed by atoms with Crippen LogP contribution in [0.15, 0.2) is 42.7 Å². The van der Waals surface area contributed by atoms with E-state index in [0.29, 0.717) is 5.69 Å². The molecule has 144 valence electrons. The third-order valence-corrected chi connectivity index (χ3v) is 3.23. The molecule has 0 fully saturated rings. The van der Waals surface area contributed by atoms with E-state index in [-0.39, 0.29) is 5.82 Å². The Labute approximate surface area is 157 Å². The number of anilines is 1. The zero-order chi connectivity index (χ0) is 20.0. The highest BCUT2D eigenvalue weighted by Gasteiger charge is 2.22. The first-order valence-electron chi connectivity index (χ1n) is 8.36. The molecule has 9 nitrogen and oxygen atoms in total. The van der Waals surface area contributed by atoms with Gasteiger partial charge in [0.2, 0.25) is 5.82 Å². The van der Waals surface area contributed by atoms with E-state index in [4.69, 9.17) is 4.74 Å². The third-order valence-electron chi connectivity index (χ3n) is 3.23. The monoisotopic (exact) mass is 373 g/mol. The number of imidazole rings is 1. The molecule has 1 atom stereocenters. The van der Waals surface area contributed by atoms with E-state index in [9.17, 15) is 14.4 Å². The molecule has 1 heterocycles. The van der Waals surface area contributed by atoms with Crippen molar-refractivity contribution >= 4 is 23.6 Å². The van der Waals surface area contributed by atoms with Gasteiger partial charge < -0.3 is 15.4 Å². The maximum absolute atomic E-state index is 12.3. The third kappa shape index (κ3) is 6.14. The number of aromatic nitrogens is 2. The molecule has 3 N–H and O–H groups in total. The number of hydrogen-bond acceptors (Lipinski definition) is 5. The van der Waals surface area contributed by atoms with E-state index in [0.717, 1.165) is 0 Å². The Morgan fingerprint density at radius 1 is 1.15 bits per heavy atom. The predicted octanol–water partition coefficient (Wildman–Crippen LogP) is 2.12. The second-order valence-corrected chi connectivity index (χ2v) is 6.78. The molecule has 1 unspecified atom stereocenters. The minimum atomic E-state index is -0.882. The minimum absolute atomic E-state index is 0.00308. The quantitative estimate of drug-likeness (QED) is 0.743. The molecule has 0 spiro atoms. The lowest BCUT2D eigenvalue weighted by molar-refractivity contribution is -0.118. The van der Waals surface area contributed by atoms with E-state index in [1.54, 1.807) is 45.0 Å². The van der Waals surface area contributed by atoms with Crippen molar-refractivity contribution in [3.8, 4) is 0 Å². The van der Waals surface area contributed by atoms with Crippen LogP contribution in [0, 0.1) is 0 Å². The summed E-state index contributed by atoms with van der Waals surface area (Å²) >= 11 is 0. The van der Waals surface area contributed by atoms with Crippen molar-refractivity contribution in [1.29, 1.82) is 0 Å². The van der Waals surface area contributed by atoms with E-state index in [1.807, 2.05) is 6.07 Å². The topological polar surface area (TPSA) is 114 Å². The molecular formula is C18H23N5O4. The summed E-state index contributed by atoms with van der Waals surface area (Å²) in [6.45, 7) is 6.67. The molecule has 2 aromatic rings. The molecule has 3 amide bonds. The first-order valence-corrected chi connectivity index (χ1v) is 8.36. The summed E-state index contributed by atoms with van der Waals surface area (Å²) in [6, 6.07) is 7.98. The minimum Gasteiger partial charge on any atom is -0.444 e. The van der Waals surface area contributed by atoms with Crippen LogP contribution in [-0.2, 0) is 9.53 Å². The number of ether oxygens (including phenoxy) is 1. The van der Waals surface area contributed by atoms with Crippen LogP contribution in [0.5, 0.6) is 0 Å². The maximum Gasteiger partial charge on any atom is 0.408 e. The zero-order valence-corrected chi connectivity index (χ0v) is 15.6. The van der Waals surface area contributed by atoms with Crippen molar-refractivity contribution in [2.75, 3.05) is 10.7 Å². The van der Waals surface area contributed by atoms with E-state index >= 15 is 0 Å². The lowest BCUT2D eigenvalue weighted by Gasteiger charge is -2.21. The van der Waals surface area contributed by atoms with Crippen LogP contribution in [-0.4, -0.2) is 39.2 Å². The Balaban J connectivity index is 1.97. The lowest BCUT2D eigenvalue weighted by Crippen LogP contribution is -2.46. The molecule has 0 bridgehead atoms. The van der Waals surface area contributed by atoms with Crippen LogP contribution in [0.1, 0.15) is 38.3 Å². The van der Waals surface area contributed by atoms with Crippen LogP contribution < -0.4 is 16.1 Å². The number of carbonyl (C=O) groups is 3. The number of alkyl carbamates (subject to hydrolysis) is 1.